The average Bonchev–Trinajstić information content (AvgIpc) is 2.96. The number of nitrogens with two attached hydrogens (primary N) is 1. The van der Waals surface area contributed by atoms with Gasteiger partial charge in [0.2, 0.25) is 0 Å². The number of carbonyl (C=O) groups excluding carboxylic acids is 1. The predicted octanol–water partition coefficient (Wildman–Crippen LogP) is -1.92. The largest absolute Gasteiger partial charge is 0.327 e. The van der Waals surface area contributed by atoms with Crippen LogP contribution >= 0.6 is 0 Å². The third kappa shape index (κ3) is 2.30. The monoisotopic (exact) mass is 251 g/mol. The Bertz CT molecular complexity index is 608. The second kappa shape index (κ2) is 4.84. The van der Waals surface area contributed by atoms with E-state index in [2.05, 4.69) is 10.3 Å². The lowest BCUT2D eigenvalue weighted by Crippen LogP contribution is -2.30. The number of aromatic nitrogens is 5. The summed E-state index contributed by atoms with van der Waals surface area (Å²) >= 11 is 0. The molecule has 2 aromatic heterocycles. The normalized spacial score (nSPS) is 10.6. The quantitative estimate of drug-likeness (QED) is 0.374. The summed E-state index contributed by atoms with van der Waals surface area (Å²) in [4.78, 5) is 22.7. The number of nitrogens with one attached hydrogen (secondary N) is 1. The van der Waals surface area contributed by atoms with Gasteiger partial charge in [0.25, 0.3) is 5.91 Å². The van der Waals surface area contributed by atoms with Gasteiger partial charge in [0.1, 0.15) is 0 Å². The lowest BCUT2D eigenvalue weighted by molar-refractivity contribution is 0.0948. The minimum absolute atomic E-state index is 0.102. The van der Waals surface area contributed by atoms with Gasteiger partial charge in [-0.3, -0.25) is 14.8 Å². The first-order chi connectivity index (χ1) is 8.61. The molecule has 0 spiro atoms. The van der Waals surface area contributed by atoms with Crippen molar-refractivity contribution in [3.63, 3.8) is 0 Å². The zero-order chi connectivity index (χ0) is 13.1. The molecule has 3 N–H and O–H groups in total. The molecule has 96 valence electrons. The number of imidazole rings is 1. The van der Waals surface area contributed by atoms with Gasteiger partial charge < -0.3 is 4.57 Å². The van der Waals surface area contributed by atoms with E-state index >= 15 is 0 Å². The molecular weight excluding hydrogens is 238 g/mol. The molecular formula is C9H13N7O2. The van der Waals surface area contributed by atoms with E-state index in [1.165, 1.54) is 15.4 Å². The van der Waals surface area contributed by atoms with Crippen LogP contribution in [0.2, 0.25) is 0 Å². The van der Waals surface area contributed by atoms with E-state index in [-0.39, 0.29) is 11.4 Å². The maximum absolute atomic E-state index is 11.5. The van der Waals surface area contributed by atoms with Gasteiger partial charge in [0.05, 0.1) is 12.7 Å². The summed E-state index contributed by atoms with van der Waals surface area (Å²) in [6.45, 7) is 0.890. The first-order valence-corrected chi connectivity index (χ1v) is 5.24. The van der Waals surface area contributed by atoms with Crippen LogP contribution in [0.3, 0.4) is 0 Å². The van der Waals surface area contributed by atoms with E-state index in [1.54, 1.807) is 24.0 Å². The van der Waals surface area contributed by atoms with Crippen LogP contribution in [0, 0.1) is 0 Å². The minimum atomic E-state index is -0.502. The van der Waals surface area contributed by atoms with Crippen LogP contribution in [0.5, 0.6) is 0 Å². The maximum atomic E-state index is 11.5. The Labute approximate surface area is 102 Å². The lowest BCUT2D eigenvalue weighted by atomic mass is 10.4. The second-order valence-electron chi connectivity index (χ2n) is 3.73. The topological polar surface area (TPSA) is 113 Å². The third-order valence-electron chi connectivity index (χ3n) is 2.49. The zero-order valence-corrected chi connectivity index (χ0v) is 9.78. The van der Waals surface area contributed by atoms with Crippen molar-refractivity contribution in [2.75, 3.05) is 0 Å². The van der Waals surface area contributed by atoms with Crippen LogP contribution in [-0.2, 0) is 20.1 Å². The fourth-order valence-corrected chi connectivity index (χ4v) is 1.48. The molecule has 0 atom stereocenters. The van der Waals surface area contributed by atoms with E-state index in [1.807, 2.05) is 5.43 Å². The van der Waals surface area contributed by atoms with Crippen molar-refractivity contribution in [1.82, 2.24) is 29.6 Å². The van der Waals surface area contributed by atoms with Gasteiger partial charge in [0.15, 0.2) is 5.69 Å². The van der Waals surface area contributed by atoms with Crippen molar-refractivity contribution in [2.24, 2.45) is 12.9 Å². The van der Waals surface area contributed by atoms with Gasteiger partial charge in [-0.1, -0.05) is 5.21 Å². The summed E-state index contributed by atoms with van der Waals surface area (Å²) in [5, 5.41) is 7.42. The van der Waals surface area contributed by atoms with Crippen molar-refractivity contribution < 1.29 is 4.79 Å². The van der Waals surface area contributed by atoms with Crippen LogP contribution in [-0.4, -0.2) is 30.0 Å². The highest BCUT2D eigenvalue weighted by Crippen LogP contribution is 1.93. The summed E-state index contributed by atoms with van der Waals surface area (Å²) in [6.07, 6.45) is 4.83. The highest BCUT2D eigenvalue weighted by Gasteiger charge is 2.08. The SMILES string of the molecule is Cn1ccn(CCn2cc(C(=O)NN)nn2)c1=O. The second-order valence-corrected chi connectivity index (χ2v) is 3.73. The molecule has 0 radical (unpaired) electrons. The Kier molecular flexibility index (Phi) is 3.24. The van der Waals surface area contributed by atoms with Crippen LogP contribution in [0.1, 0.15) is 10.5 Å². The highest BCUT2D eigenvalue weighted by molar-refractivity contribution is 5.91. The van der Waals surface area contributed by atoms with Crippen LogP contribution < -0.4 is 17.0 Å². The van der Waals surface area contributed by atoms with Gasteiger partial charge in [0, 0.05) is 26.0 Å². The fourth-order valence-electron chi connectivity index (χ4n) is 1.48. The van der Waals surface area contributed by atoms with E-state index in [0.717, 1.165) is 0 Å². The Morgan fingerprint density at radius 3 is 2.83 bits per heavy atom. The van der Waals surface area contributed by atoms with Crippen LogP contribution in [0.4, 0.5) is 0 Å². The molecule has 1 amide bonds. The molecule has 9 nitrogen and oxygen atoms in total. The smallest absolute Gasteiger partial charge is 0.302 e. The zero-order valence-electron chi connectivity index (χ0n) is 9.78. The first kappa shape index (κ1) is 12.0. The van der Waals surface area contributed by atoms with Crippen molar-refractivity contribution in [3.05, 3.63) is 34.8 Å². The van der Waals surface area contributed by atoms with E-state index in [9.17, 15) is 9.59 Å². The van der Waals surface area contributed by atoms with Crippen LogP contribution in [0.15, 0.2) is 23.4 Å². The Hall–Kier alpha value is -2.42. The predicted molar refractivity (Wildman–Crippen MR) is 61.3 cm³/mol. The number of carbonyl (C=O) groups is 1. The standard InChI is InChI=1S/C9H13N7O2/c1-14-2-3-15(9(14)18)4-5-16-6-7(12-13-16)8(17)11-10/h2-3,6H,4-5,10H2,1H3,(H,11,17). The first-order valence-electron chi connectivity index (χ1n) is 5.24. The number of nitrogens with zero attached hydrogens (tertiary/aromatic N) is 5. The maximum Gasteiger partial charge on any atom is 0.327 e. The van der Waals surface area contributed by atoms with Crippen LogP contribution in [0.25, 0.3) is 0 Å². The van der Waals surface area contributed by atoms with Crippen molar-refractivity contribution in [2.45, 2.75) is 13.1 Å². The molecule has 0 aliphatic rings. The fraction of sp³-hybridized carbons (Fsp3) is 0.333. The number of hydrogen-bond donors (Lipinski definition) is 2. The summed E-state index contributed by atoms with van der Waals surface area (Å²) in [5.74, 6) is 4.47. The molecule has 0 fully saturated rings. The molecule has 2 heterocycles. The molecule has 2 aromatic rings. The van der Waals surface area contributed by atoms with E-state index < -0.39 is 5.91 Å². The number of nitrogen functional groups attached to an aromatic ring is 1. The highest BCUT2D eigenvalue weighted by atomic mass is 16.2. The Morgan fingerprint density at radius 2 is 2.22 bits per heavy atom. The summed E-state index contributed by atoms with van der Waals surface area (Å²) < 4.78 is 4.50. The van der Waals surface area contributed by atoms with Crippen molar-refractivity contribution >= 4 is 5.91 Å². The Balaban J connectivity index is 2.03. The van der Waals surface area contributed by atoms with Gasteiger partial charge in [-0.2, -0.15) is 0 Å². The third-order valence-corrected chi connectivity index (χ3v) is 2.49. The molecule has 9 heteroatoms. The van der Waals surface area contributed by atoms with Gasteiger partial charge in [-0.25, -0.2) is 15.3 Å². The van der Waals surface area contributed by atoms with Crippen molar-refractivity contribution in [3.8, 4) is 0 Å². The molecule has 18 heavy (non-hydrogen) atoms. The molecule has 2 rings (SSSR count). The van der Waals surface area contributed by atoms with Gasteiger partial charge in [-0.15, -0.1) is 5.10 Å². The molecule has 0 saturated carbocycles. The van der Waals surface area contributed by atoms with Crippen molar-refractivity contribution in [1.29, 1.82) is 0 Å². The number of amides is 1. The Morgan fingerprint density at radius 1 is 1.44 bits per heavy atom. The average molecular weight is 251 g/mol. The summed E-state index contributed by atoms with van der Waals surface area (Å²) in [6, 6.07) is 0. The molecule has 0 aromatic carbocycles. The van der Waals surface area contributed by atoms with Gasteiger partial charge in [-0.05, 0) is 0 Å². The number of hydrazine groups is 1. The van der Waals surface area contributed by atoms with Gasteiger partial charge >= 0.3 is 5.69 Å². The molecule has 0 aliphatic carbocycles. The van der Waals surface area contributed by atoms with E-state index in [0.29, 0.717) is 13.1 Å². The minimum Gasteiger partial charge on any atom is -0.302 e. The summed E-state index contributed by atoms with van der Waals surface area (Å²) in [7, 11) is 1.68. The molecule has 0 aliphatic heterocycles. The molecule has 0 saturated heterocycles. The summed E-state index contributed by atoms with van der Waals surface area (Å²) in [5.41, 5.74) is 2.00. The number of hydrogen-bond acceptors (Lipinski definition) is 5. The lowest BCUT2D eigenvalue weighted by Gasteiger charge is -2.00. The number of aryl methyl sites for hydroxylation is 3. The number of rotatable bonds is 4. The molecule has 0 bridgehead atoms. The molecule has 0 unspecified atom stereocenters. The van der Waals surface area contributed by atoms with E-state index in [4.69, 9.17) is 5.84 Å².